The average molecular weight is 340 g/mol. The Hall–Kier alpha value is -2.69. The molecule has 1 heterocycles. The Labute approximate surface area is 146 Å². The molecule has 0 radical (unpaired) electrons. The van der Waals surface area contributed by atoms with Crippen molar-refractivity contribution in [1.29, 1.82) is 0 Å². The molecule has 1 atom stereocenters. The van der Waals surface area contributed by atoms with Crippen molar-refractivity contribution in [2.45, 2.75) is 19.9 Å². The maximum absolute atomic E-state index is 13.0. The fourth-order valence-corrected chi connectivity index (χ4v) is 3.10. The van der Waals surface area contributed by atoms with Gasteiger partial charge in [-0.1, -0.05) is 29.8 Å². The maximum atomic E-state index is 13.0. The summed E-state index contributed by atoms with van der Waals surface area (Å²) in [4.78, 5) is 28.2. The van der Waals surface area contributed by atoms with Crippen LogP contribution in [0.1, 0.15) is 17.5 Å². The summed E-state index contributed by atoms with van der Waals surface area (Å²) in [6, 6.07) is 13.8. The number of carbonyl (C=O) groups excluding carboxylic acids is 2. The van der Waals surface area contributed by atoms with Crippen LogP contribution in [0.15, 0.2) is 48.5 Å². The number of nitrogens with zero attached hydrogens (tertiary/aromatic N) is 2. The van der Waals surface area contributed by atoms with Gasteiger partial charge in [0.25, 0.3) is 0 Å². The zero-order valence-corrected chi connectivity index (χ0v) is 14.4. The van der Waals surface area contributed by atoms with Crippen LogP contribution in [0.4, 0.5) is 10.1 Å². The van der Waals surface area contributed by atoms with Crippen LogP contribution in [0.2, 0.25) is 0 Å². The smallest absolute Gasteiger partial charge is 0.228 e. The highest BCUT2D eigenvalue weighted by atomic mass is 19.1. The summed E-state index contributed by atoms with van der Waals surface area (Å²) >= 11 is 0. The van der Waals surface area contributed by atoms with Gasteiger partial charge in [0.2, 0.25) is 11.8 Å². The number of amides is 2. The number of halogens is 1. The van der Waals surface area contributed by atoms with E-state index in [0.717, 1.165) is 16.8 Å². The predicted molar refractivity (Wildman–Crippen MR) is 94.5 cm³/mol. The van der Waals surface area contributed by atoms with Crippen molar-refractivity contribution in [1.82, 2.24) is 4.90 Å². The van der Waals surface area contributed by atoms with Gasteiger partial charge in [-0.25, -0.2) is 4.39 Å². The number of rotatable bonds is 4. The third-order valence-electron chi connectivity index (χ3n) is 4.53. The maximum Gasteiger partial charge on any atom is 0.228 e. The number of carbonyl (C=O) groups is 2. The van der Waals surface area contributed by atoms with Gasteiger partial charge in [0.05, 0.1) is 5.92 Å². The first kappa shape index (κ1) is 17.1. The third-order valence-corrected chi connectivity index (χ3v) is 4.53. The number of hydrogen-bond donors (Lipinski definition) is 0. The van der Waals surface area contributed by atoms with Crippen LogP contribution in [0.3, 0.4) is 0 Å². The minimum atomic E-state index is -0.348. The Morgan fingerprint density at radius 3 is 2.44 bits per heavy atom. The molecule has 1 aliphatic heterocycles. The largest absolute Gasteiger partial charge is 0.341 e. The fraction of sp³-hybridized carbons (Fsp3) is 0.300. The predicted octanol–water partition coefficient (Wildman–Crippen LogP) is 3.15. The van der Waals surface area contributed by atoms with E-state index in [4.69, 9.17) is 0 Å². The zero-order valence-electron chi connectivity index (χ0n) is 14.4. The van der Waals surface area contributed by atoms with E-state index in [1.54, 1.807) is 29.0 Å². The first-order chi connectivity index (χ1) is 11.9. The van der Waals surface area contributed by atoms with Crippen molar-refractivity contribution in [2.75, 3.05) is 18.5 Å². The number of anilines is 1. The molecule has 2 aromatic carbocycles. The van der Waals surface area contributed by atoms with Gasteiger partial charge in [-0.05, 0) is 36.8 Å². The van der Waals surface area contributed by atoms with E-state index in [1.165, 1.54) is 12.1 Å². The molecule has 2 amide bonds. The van der Waals surface area contributed by atoms with Crippen LogP contribution in [-0.4, -0.2) is 30.3 Å². The summed E-state index contributed by atoms with van der Waals surface area (Å²) in [5, 5.41) is 0. The molecule has 1 saturated heterocycles. The summed E-state index contributed by atoms with van der Waals surface area (Å²) in [5.41, 5.74) is 2.81. The normalized spacial score (nSPS) is 17.0. The molecule has 3 rings (SSSR count). The highest BCUT2D eigenvalue weighted by Crippen LogP contribution is 2.26. The first-order valence-electron chi connectivity index (χ1n) is 8.30. The standard InChI is InChI=1S/C20H21FN2O2/c1-14-3-9-18(10-4-14)23-13-16(11-19(23)24)20(25)22(2)12-15-5-7-17(21)8-6-15/h3-10,16H,11-13H2,1-2H3. The summed E-state index contributed by atoms with van der Waals surface area (Å²) in [6.45, 7) is 2.79. The number of hydrogen-bond acceptors (Lipinski definition) is 2. The Morgan fingerprint density at radius 1 is 1.16 bits per heavy atom. The lowest BCUT2D eigenvalue weighted by molar-refractivity contribution is -0.135. The summed E-state index contributed by atoms with van der Waals surface area (Å²) < 4.78 is 13.0. The zero-order chi connectivity index (χ0) is 18.0. The van der Waals surface area contributed by atoms with Crippen molar-refractivity contribution < 1.29 is 14.0 Å². The van der Waals surface area contributed by atoms with E-state index in [0.29, 0.717) is 13.1 Å². The Kier molecular flexibility index (Phi) is 4.83. The molecule has 1 fully saturated rings. The molecular formula is C20H21FN2O2. The molecule has 0 saturated carbocycles. The molecule has 0 aromatic heterocycles. The second kappa shape index (κ2) is 7.05. The molecule has 0 aliphatic carbocycles. The van der Waals surface area contributed by atoms with E-state index in [2.05, 4.69) is 0 Å². The molecule has 1 aliphatic rings. The number of benzene rings is 2. The number of aryl methyl sites for hydroxylation is 1. The molecule has 130 valence electrons. The van der Waals surface area contributed by atoms with Crippen molar-refractivity contribution in [3.8, 4) is 0 Å². The molecule has 2 aromatic rings. The highest BCUT2D eigenvalue weighted by molar-refractivity contribution is 6.00. The van der Waals surface area contributed by atoms with E-state index < -0.39 is 0 Å². The SMILES string of the molecule is Cc1ccc(N2CC(C(=O)N(C)Cc3ccc(F)cc3)CC2=O)cc1. The minimum Gasteiger partial charge on any atom is -0.341 e. The molecule has 5 heteroatoms. The molecular weight excluding hydrogens is 319 g/mol. The summed E-state index contributed by atoms with van der Waals surface area (Å²) in [6.07, 6.45) is 0.223. The third kappa shape index (κ3) is 3.87. The monoisotopic (exact) mass is 340 g/mol. The Balaban J connectivity index is 1.65. The average Bonchev–Trinajstić information content (AvgIpc) is 2.98. The van der Waals surface area contributed by atoms with Gasteiger partial charge in [-0.15, -0.1) is 0 Å². The lowest BCUT2D eigenvalue weighted by atomic mass is 10.1. The van der Waals surface area contributed by atoms with Crippen LogP contribution < -0.4 is 4.90 Å². The fourth-order valence-electron chi connectivity index (χ4n) is 3.10. The van der Waals surface area contributed by atoms with Gasteiger partial charge in [0, 0.05) is 32.2 Å². The van der Waals surface area contributed by atoms with Crippen LogP contribution in [0, 0.1) is 18.7 Å². The van der Waals surface area contributed by atoms with E-state index in [-0.39, 0.29) is 30.0 Å². The van der Waals surface area contributed by atoms with Gasteiger partial charge in [0.15, 0.2) is 0 Å². The lowest BCUT2D eigenvalue weighted by Crippen LogP contribution is -2.34. The highest BCUT2D eigenvalue weighted by Gasteiger charge is 2.36. The lowest BCUT2D eigenvalue weighted by Gasteiger charge is -2.21. The van der Waals surface area contributed by atoms with Crippen LogP contribution in [0.5, 0.6) is 0 Å². The van der Waals surface area contributed by atoms with Crippen molar-refractivity contribution in [3.63, 3.8) is 0 Å². The molecule has 0 bridgehead atoms. The van der Waals surface area contributed by atoms with Crippen LogP contribution >= 0.6 is 0 Å². The minimum absolute atomic E-state index is 0.0302. The van der Waals surface area contributed by atoms with Crippen molar-refractivity contribution >= 4 is 17.5 Å². The second-order valence-corrected chi connectivity index (χ2v) is 6.56. The Bertz CT molecular complexity index is 771. The van der Waals surface area contributed by atoms with E-state index in [1.807, 2.05) is 31.2 Å². The van der Waals surface area contributed by atoms with Gasteiger partial charge in [-0.2, -0.15) is 0 Å². The van der Waals surface area contributed by atoms with E-state index >= 15 is 0 Å². The van der Waals surface area contributed by atoms with Gasteiger partial charge in [0.1, 0.15) is 5.82 Å². The van der Waals surface area contributed by atoms with Crippen molar-refractivity contribution in [2.24, 2.45) is 5.92 Å². The van der Waals surface area contributed by atoms with Crippen LogP contribution in [-0.2, 0) is 16.1 Å². The van der Waals surface area contributed by atoms with Crippen molar-refractivity contribution in [3.05, 3.63) is 65.5 Å². The van der Waals surface area contributed by atoms with Crippen LogP contribution in [0.25, 0.3) is 0 Å². The van der Waals surface area contributed by atoms with Gasteiger partial charge < -0.3 is 9.80 Å². The molecule has 25 heavy (non-hydrogen) atoms. The topological polar surface area (TPSA) is 40.6 Å². The van der Waals surface area contributed by atoms with E-state index in [9.17, 15) is 14.0 Å². The first-order valence-corrected chi connectivity index (χ1v) is 8.30. The molecule has 1 unspecified atom stereocenters. The quantitative estimate of drug-likeness (QED) is 0.858. The Morgan fingerprint density at radius 2 is 1.80 bits per heavy atom. The van der Waals surface area contributed by atoms with Gasteiger partial charge >= 0.3 is 0 Å². The molecule has 0 N–H and O–H groups in total. The summed E-state index contributed by atoms with van der Waals surface area (Å²) in [5.74, 6) is -0.739. The van der Waals surface area contributed by atoms with Gasteiger partial charge in [-0.3, -0.25) is 9.59 Å². The molecule has 0 spiro atoms. The summed E-state index contributed by atoms with van der Waals surface area (Å²) in [7, 11) is 1.71. The molecule has 4 nitrogen and oxygen atoms in total. The second-order valence-electron chi connectivity index (χ2n) is 6.56.